The first-order valence-corrected chi connectivity index (χ1v) is 9.39. The highest BCUT2D eigenvalue weighted by molar-refractivity contribution is 9.10. The van der Waals surface area contributed by atoms with E-state index in [-0.39, 0.29) is 11.8 Å². The summed E-state index contributed by atoms with van der Waals surface area (Å²) in [5, 5.41) is 4.08. The largest absolute Gasteiger partial charge is 0.495 e. The van der Waals surface area contributed by atoms with Crippen molar-refractivity contribution in [2.75, 3.05) is 18.6 Å². The lowest BCUT2D eigenvalue weighted by Gasteiger charge is -2.19. The smallest absolute Gasteiger partial charge is 0.232 e. The Kier molecular flexibility index (Phi) is 4.70. The van der Waals surface area contributed by atoms with Gasteiger partial charge in [-0.1, -0.05) is 27.2 Å². The third-order valence-corrected chi connectivity index (χ3v) is 5.17. The molecular formula is C20H18BrN3O3. The van der Waals surface area contributed by atoms with Gasteiger partial charge in [0.15, 0.2) is 0 Å². The van der Waals surface area contributed by atoms with Crippen LogP contribution in [-0.2, 0) is 4.79 Å². The molecule has 2 aromatic carbocycles. The summed E-state index contributed by atoms with van der Waals surface area (Å²) in [4.78, 5) is 18.9. The van der Waals surface area contributed by atoms with Gasteiger partial charge >= 0.3 is 0 Å². The number of benzene rings is 2. The van der Waals surface area contributed by atoms with E-state index in [2.05, 4.69) is 26.1 Å². The molecule has 27 heavy (non-hydrogen) atoms. The van der Waals surface area contributed by atoms with Crippen LogP contribution in [0.5, 0.6) is 5.75 Å². The van der Waals surface area contributed by atoms with E-state index in [0.717, 1.165) is 21.3 Å². The Morgan fingerprint density at radius 1 is 1.22 bits per heavy atom. The lowest BCUT2D eigenvalue weighted by molar-refractivity contribution is -0.117. The van der Waals surface area contributed by atoms with E-state index in [9.17, 15) is 4.79 Å². The fourth-order valence-electron chi connectivity index (χ4n) is 3.23. The number of rotatable bonds is 4. The summed E-state index contributed by atoms with van der Waals surface area (Å²) >= 11 is 3.41. The van der Waals surface area contributed by atoms with E-state index in [1.54, 1.807) is 12.0 Å². The molecule has 0 bridgehead atoms. The zero-order chi connectivity index (χ0) is 19.0. The molecule has 1 unspecified atom stereocenters. The monoisotopic (exact) mass is 427 g/mol. The standard InChI is InChI=1S/C20H18BrN3O3/c1-12-3-8-17(26-2)16(9-12)24-11-14(10-18(24)25)20-22-19(23-27-20)13-4-6-15(21)7-5-13/h3-9,14H,10-11H2,1-2H3. The number of methoxy groups -OCH3 is 1. The van der Waals surface area contributed by atoms with E-state index < -0.39 is 0 Å². The Hall–Kier alpha value is -2.67. The zero-order valence-electron chi connectivity index (χ0n) is 15.0. The van der Waals surface area contributed by atoms with Crippen LogP contribution in [0.15, 0.2) is 51.5 Å². The van der Waals surface area contributed by atoms with E-state index in [1.165, 1.54) is 0 Å². The summed E-state index contributed by atoms with van der Waals surface area (Å²) in [7, 11) is 1.61. The number of amides is 1. The molecule has 3 aromatic rings. The van der Waals surface area contributed by atoms with Crippen molar-refractivity contribution in [3.8, 4) is 17.1 Å². The van der Waals surface area contributed by atoms with Crippen LogP contribution >= 0.6 is 15.9 Å². The molecule has 1 atom stereocenters. The number of carbonyl (C=O) groups excluding carboxylic acids is 1. The number of aryl methyl sites for hydroxylation is 1. The molecule has 138 valence electrons. The third-order valence-electron chi connectivity index (χ3n) is 4.64. The number of hydrogen-bond donors (Lipinski definition) is 0. The minimum Gasteiger partial charge on any atom is -0.495 e. The normalized spacial score (nSPS) is 16.8. The summed E-state index contributed by atoms with van der Waals surface area (Å²) in [6.45, 7) is 2.48. The van der Waals surface area contributed by atoms with Gasteiger partial charge in [0.25, 0.3) is 0 Å². The van der Waals surface area contributed by atoms with Crippen LogP contribution in [0.3, 0.4) is 0 Å². The van der Waals surface area contributed by atoms with Gasteiger partial charge in [0, 0.05) is 23.0 Å². The van der Waals surface area contributed by atoms with Crippen molar-refractivity contribution in [1.82, 2.24) is 10.1 Å². The molecule has 0 radical (unpaired) electrons. The molecule has 6 nitrogen and oxygen atoms in total. The molecule has 1 aliphatic heterocycles. The molecule has 1 fully saturated rings. The SMILES string of the molecule is COc1ccc(C)cc1N1CC(c2nc(-c3ccc(Br)cc3)no2)CC1=O. The summed E-state index contributed by atoms with van der Waals surface area (Å²) in [6.07, 6.45) is 0.332. The van der Waals surface area contributed by atoms with Gasteiger partial charge in [-0.3, -0.25) is 4.79 Å². The third kappa shape index (κ3) is 3.47. The predicted molar refractivity (Wildman–Crippen MR) is 105 cm³/mol. The van der Waals surface area contributed by atoms with Gasteiger partial charge in [-0.2, -0.15) is 4.98 Å². The van der Waals surface area contributed by atoms with Crippen LogP contribution in [0.25, 0.3) is 11.4 Å². The van der Waals surface area contributed by atoms with Gasteiger partial charge in [-0.05, 0) is 48.9 Å². The maximum atomic E-state index is 12.6. The topological polar surface area (TPSA) is 68.5 Å². The molecule has 1 aromatic heterocycles. The van der Waals surface area contributed by atoms with Crippen LogP contribution in [0.1, 0.15) is 23.8 Å². The Bertz CT molecular complexity index is 984. The van der Waals surface area contributed by atoms with Crippen molar-refractivity contribution in [3.05, 3.63) is 58.4 Å². The van der Waals surface area contributed by atoms with E-state index in [0.29, 0.717) is 30.4 Å². The van der Waals surface area contributed by atoms with Crippen LogP contribution < -0.4 is 9.64 Å². The molecule has 1 saturated heterocycles. The molecule has 1 aliphatic rings. The highest BCUT2D eigenvalue weighted by atomic mass is 79.9. The number of carbonyl (C=O) groups is 1. The van der Waals surface area contributed by atoms with Crippen molar-refractivity contribution in [2.24, 2.45) is 0 Å². The summed E-state index contributed by atoms with van der Waals surface area (Å²) in [6, 6.07) is 13.5. The highest BCUT2D eigenvalue weighted by Crippen LogP contribution is 2.37. The Morgan fingerprint density at radius 2 is 2.00 bits per heavy atom. The number of halogens is 1. The quantitative estimate of drug-likeness (QED) is 0.619. The minimum absolute atomic E-state index is 0.0206. The molecule has 0 N–H and O–H groups in total. The fraction of sp³-hybridized carbons (Fsp3) is 0.250. The fourth-order valence-corrected chi connectivity index (χ4v) is 3.50. The molecule has 4 rings (SSSR count). The summed E-state index contributed by atoms with van der Waals surface area (Å²) < 4.78 is 11.9. The summed E-state index contributed by atoms with van der Waals surface area (Å²) in [5.41, 5.74) is 2.71. The van der Waals surface area contributed by atoms with Gasteiger partial charge < -0.3 is 14.2 Å². The van der Waals surface area contributed by atoms with E-state index >= 15 is 0 Å². The molecule has 0 spiro atoms. The molecule has 0 saturated carbocycles. The van der Waals surface area contributed by atoms with E-state index in [4.69, 9.17) is 9.26 Å². The Morgan fingerprint density at radius 3 is 2.74 bits per heavy atom. The van der Waals surface area contributed by atoms with Gasteiger partial charge in [0.05, 0.1) is 18.7 Å². The number of ether oxygens (including phenoxy) is 1. The first-order valence-electron chi connectivity index (χ1n) is 8.59. The predicted octanol–water partition coefficient (Wildman–Crippen LogP) is 4.34. The molecule has 1 amide bonds. The number of aromatic nitrogens is 2. The molecule has 2 heterocycles. The lowest BCUT2D eigenvalue weighted by Crippen LogP contribution is -2.25. The first-order chi connectivity index (χ1) is 13.0. The van der Waals surface area contributed by atoms with Crippen molar-refractivity contribution >= 4 is 27.5 Å². The van der Waals surface area contributed by atoms with Crippen molar-refractivity contribution in [1.29, 1.82) is 0 Å². The van der Waals surface area contributed by atoms with Crippen LogP contribution in [0.2, 0.25) is 0 Å². The first kappa shape index (κ1) is 17.7. The maximum Gasteiger partial charge on any atom is 0.232 e. The minimum atomic E-state index is -0.139. The molecule has 7 heteroatoms. The van der Waals surface area contributed by atoms with Crippen LogP contribution in [-0.4, -0.2) is 29.7 Å². The second-order valence-electron chi connectivity index (χ2n) is 6.54. The van der Waals surface area contributed by atoms with Crippen LogP contribution in [0, 0.1) is 6.92 Å². The molecular weight excluding hydrogens is 410 g/mol. The number of hydrogen-bond acceptors (Lipinski definition) is 5. The van der Waals surface area contributed by atoms with Crippen molar-refractivity contribution < 1.29 is 14.1 Å². The maximum absolute atomic E-state index is 12.6. The van der Waals surface area contributed by atoms with E-state index in [1.807, 2.05) is 49.4 Å². The average Bonchev–Trinajstić information content (AvgIpc) is 3.29. The average molecular weight is 428 g/mol. The van der Waals surface area contributed by atoms with Gasteiger partial charge in [-0.15, -0.1) is 0 Å². The molecule has 0 aliphatic carbocycles. The number of nitrogens with zero attached hydrogens (tertiary/aromatic N) is 3. The van der Waals surface area contributed by atoms with Gasteiger partial charge in [-0.25, -0.2) is 0 Å². The highest BCUT2D eigenvalue weighted by Gasteiger charge is 2.36. The van der Waals surface area contributed by atoms with Crippen molar-refractivity contribution in [2.45, 2.75) is 19.3 Å². The Labute approximate surface area is 165 Å². The Balaban J connectivity index is 1.58. The zero-order valence-corrected chi connectivity index (χ0v) is 16.6. The van der Waals surface area contributed by atoms with Crippen molar-refractivity contribution in [3.63, 3.8) is 0 Å². The van der Waals surface area contributed by atoms with Crippen LogP contribution in [0.4, 0.5) is 5.69 Å². The lowest BCUT2D eigenvalue weighted by atomic mass is 10.1. The second kappa shape index (κ2) is 7.15. The number of anilines is 1. The van der Waals surface area contributed by atoms with Gasteiger partial charge in [0.1, 0.15) is 5.75 Å². The summed E-state index contributed by atoms with van der Waals surface area (Å²) in [5.74, 6) is 1.56. The second-order valence-corrected chi connectivity index (χ2v) is 7.46. The van der Waals surface area contributed by atoms with Gasteiger partial charge in [0.2, 0.25) is 17.6 Å².